The summed E-state index contributed by atoms with van der Waals surface area (Å²) in [6.07, 6.45) is 0.237. The SMILES string of the molecule is CC(C[C@H](NS(=O)(=O)c1cccc(C#N)c1)c1ccc(Cl)cc1)[C@@H]1NC(=O)[C@](C)(CC(=O)O)C[C@@H]1c1cccc(Cl)c1. The Morgan fingerprint density at radius 2 is 1.81 bits per heavy atom. The molecule has 1 amide bonds. The van der Waals surface area contributed by atoms with Crippen LogP contribution in [0.5, 0.6) is 0 Å². The van der Waals surface area contributed by atoms with Gasteiger partial charge in [0.2, 0.25) is 15.9 Å². The number of halogens is 2. The first-order valence-corrected chi connectivity index (χ1v) is 15.6. The van der Waals surface area contributed by atoms with Crippen molar-refractivity contribution in [2.45, 2.75) is 56.0 Å². The summed E-state index contributed by atoms with van der Waals surface area (Å²) in [6, 6.07) is 20.7. The van der Waals surface area contributed by atoms with Gasteiger partial charge in [-0.05, 0) is 72.4 Å². The number of nitrogens with zero attached hydrogens (tertiary/aromatic N) is 1. The van der Waals surface area contributed by atoms with E-state index in [1.165, 1.54) is 24.3 Å². The molecular formula is C31H31Cl2N3O5S. The van der Waals surface area contributed by atoms with Gasteiger partial charge in [0.25, 0.3) is 0 Å². The summed E-state index contributed by atoms with van der Waals surface area (Å²) in [4.78, 5) is 24.9. The Bertz CT molecular complexity index is 1620. The van der Waals surface area contributed by atoms with Crippen LogP contribution < -0.4 is 10.0 Å². The molecule has 1 aliphatic heterocycles. The Morgan fingerprint density at radius 3 is 2.45 bits per heavy atom. The minimum absolute atomic E-state index is 0.0413. The fraction of sp³-hybridized carbons (Fsp3) is 0.323. The molecule has 42 heavy (non-hydrogen) atoms. The minimum atomic E-state index is -4.04. The Labute approximate surface area is 255 Å². The molecule has 1 saturated heterocycles. The van der Waals surface area contributed by atoms with E-state index in [4.69, 9.17) is 23.2 Å². The molecule has 8 nitrogen and oxygen atoms in total. The number of hydrogen-bond donors (Lipinski definition) is 3. The number of rotatable bonds is 10. The number of piperidine rings is 1. The van der Waals surface area contributed by atoms with Crippen molar-refractivity contribution in [3.05, 3.63) is 99.5 Å². The highest BCUT2D eigenvalue weighted by Gasteiger charge is 2.47. The van der Waals surface area contributed by atoms with Crippen LogP contribution in [0.15, 0.2) is 77.7 Å². The normalized spacial score (nSPS) is 22.0. The number of carboxylic acids is 1. The quantitative estimate of drug-likeness (QED) is 0.250. The molecule has 3 aromatic carbocycles. The summed E-state index contributed by atoms with van der Waals surface area (Å²) in [5, 5.41) is 22.9. The van der Waals surface area contributed by atoms with Gasteiger partial charge in [-0.25, -0.2) is 13.1 Å². The molecule has 11 heteroatoms. The highest BCUT2D eigenvalue weighted by molar-refractivity contribution is 7.89. The summed E-state index contributed by atoms with van der Waals surface area (Å²) in [5.41, 5.74) is 0.599. The lowest BCUT2D eigenvalue weighted by Crippen LogP contribution is -2.56. The summed E-state index contributed by atoms with van der Waals surface area (Å²) < 4.78 is 29.8. The monoisotopic (exact) mass is 627 g/mol. The summed E-state index contributed by atoms with van der Waals surface area (Å²) in [5.74, 6) is -1.99. The average Bonchev–Trinajstić information content (AvgIpc) is 2.94. The predicted molar refractivity (Wildman–Crippen MR) is 161 cm³/mol. The van der Waals surface area contributed by atoms with Crippen molar-refractivity contribution < 1.29 is 23.1 Å². The lowest BCUT2D eigenvalue weighted by atomic mass is 9.67. The predicted octanol–water partition coefficient (Wildman–Crippen LogP) is 6.06. The second-order valence-electron chi connectivity index (χ2n) is 11.1. The Hall–Kier alpha value is -3.42. The Balaban J connectivity index is 1.69. The van der Waals surface area contributed by atoms with Gasteiger partial charge >= 0.3 is 5.97 Å². The highest BCUT2D eigenvalue weighted by Crippen LogP contribution is 2.44. The molecule has 0 saturated carbocycles. The van der Waals surface area contributed by atoms with Crippen molar-refractivity contribution in [2.24, 2.45) is 11.3 Å². The number of amides is 1. The number of carboxylic acid groups (broad SMARTS) is 1. The molecule has 0 aliphatic carbocycles. The third-order valence-corrected chi connectivity index (χ3v) is 9.79. The van der Waals surface area contributed by atoms with Gasteiger partial charge in [-0.2, -0.15) is 5.26 Å². The molecule has 3 N–H and O–H groups in total. The van der Waals surface area contributed by atoms with Crippen molar-refractivity contribution >= 4 is 45.1 Å². The fourth-order valence-corrected chi connectivity index (χ4v) is 7.28. The van der Waals surface area contributed by atoms with E-state index in [0.717, 1.165) is 5.56 Å². The van der Waals surface area contributed by atoms with E-state index < -0.39 is 33.5 Å². The van der Waals surface area contributed by atoms with Gasteiger partial charge in [0.1, 0.15) is 0 Å². The van der Waals surface area contributed by atoms with E-state index in [9.17, 15) is 28.4 Å². The van der Waals surface area contributed by atoms with Crippen LogP contribution in [0.25, 0.3) is 0 Å². The molecule has 5 atom stereocenters. The maximum Gasteiger partial charge on any atom is 0.304 e. The third kappa shape index (κ3) is 7.31. The van der Waals surface area contributed by atoms with Crippen LogP contribution in [-0.2, 0) is 19.6 Å². The largest absolute Gasteiger partial charge is 0.481 e. The number of benzene rings is 3. The number of hydrogen-bond acceptors (Lipinski definition) is 5. The molecule has 1 unspecified atom stereocenters. The van der Waals surface area contributed by atoms with Crippen LogP contribution in [0, 0.1) is 22.7 Å². The topological polar surface area (TPSA) is 136 Å². The van der Waals surface area contributed by atoms with E-state index in [0.29, 0.717) is 15.6 Å². The molecule has 1 aliphatic rings. The lowest BCUT2D eigenvalue weighted by molar-refractivity contribution is -0.147. The van der Waals surface area contributed by atoms with Gasteiger partial charge in [0.15, 0.2) is 0 Å². The van der Waals surface area contributed by atoms with E-state index in [1.807, 2.05) is 31.2 Å². The van der Waals surface area contributed by atoms with Gasteiger partial charge in [-0.1, -0.05) is 67.4 Å². The van der Waals surface area contributed by atoms with Crippen molar-refractivity contribution in [3.8, 4) is 6.07 Å². The first kappa shape index (κ1) is 31.5. The Kier molecular flexibility index (Phi) is 9.63. The smallest absolute Gasteiger partial charge is 0.304 e. The van der Waals surface area contributed by atoms with E-state index in [-0.39, 0.29) is 47.5 Å². The van der Waals surface area contributed by atoms with Gasteiger partial charge in [0, 0.05) is 28.0 Å². The van der Waals surface area contributed by atoms with Crippen LogP contribution in [0.3, 0.4) is 0 Å². The number of carbonyl (C=O) groups excluding carboxylic acids is 1. The van der Waals surface area contributed by atoms with Crippen LogP contribution in [0.1, 0.15) is 61.8 Å². The summed E-state index contributed by atoms with van der Waals surface area (Å²) in [7, 11) is -4.04. The van der Waals surface area contributed by atoms with Crippen molar-refractivity contribution in [1.29, 1.82) is 5.26 Å². The zero-order valence-corrected chi connectivity index (χ0v) is 25.4. The fourth-order valence-electron chi connectivity index (χ4n) is 5.67. The molecule has 4 rings (SSSR count). The number of sulfonamides is 1. The first-order chi connectivity index (χ1) is 19.8. The van der Waals surface area contributed by atoms with Gasteiger partial charge in [-0.3, -0.25) is 9.59 Å². The number of aliphatic carboxylic acids is 1. The van der Waals surface area contributed by atoms with Crippen LogP contribution >= 0.6 is 23.2 Å². The van der Waals surface area contributed by atoms with Gasteiger partial charge < -0.3 is 10.4 Å². The molecular weight excluding hydrogens is 597 g/mol. The molecule has 1 fully saturated rings. The standard InChI is InChI=1S/C31H31Cl2N3O5S/c1-19(29-26(22-6-4-7-24(33)15-22)16-31(2,17-28(37)38)30(39)35-29)13-27(21-9-11-23(32)12-10-21)36-42(40,41)25-8-3-5-20(14-25)18-34/h3-12,14-15,19,26-27,29,36H,13,16-17H2,1-2H3,(H,35,39)(H,37,38)/t19?,26-,27+,29+,31+/m1/s1. The van der Waals surface area contributed by atoms with Gasteiger partial charge in [-0.15, -0.1) is 0 Å². The highest BCUT2D eigenvalue weighted by atomic mass is 35.5. The third-order valence-electron chi connectivity index (χ3n) is 7.83. The van der Waals surface area contributed by atoms with Crippen LogP contribution in [-0.4, -0.2) is 31.4 Å². The molecule has 0 radical (unpaired) electrons. The number of nitriles is 1. The van der Waals surface area contributed by atoms with E-state index >= 15 is 0 Å². The maximum atomic E-state index is 13.5. The second kappa shape index (κ2) is 12.8. The average molecular weight is 629 g/mol. The summed E-state index contributed by atoms with van der Waals surface area (Å²) in [6.45, 7) is 3.57. The molecule has 1 heterocycles. The van der Waals surface area contributed by atoms with Crippen molar-refractivity contribution in [2.75, 3.05) is 0 Å². The number of nitrogens with one attached hydrogen (secondary N) is 2. The first-order valence-electron chi connectivity index (χ1n) is 13.4. The minimum Gasteiger partial charge on any atom is -0.481 e. The zero-order chi connectivity index (χ0) is 30.7. The molecule has 0 aromatic heterocycles. The molecule has 220 valence electrons. The van der Waals surface area contributed by atoms with E-state index in [2.05, 4.69) is 10.0 Å². The lowest BCUT2D eigenvalue weighted by Gasteiger charge is -2.45. The second-order valence-corrected chi connectivity index (χ2v) is 13.7. The van der Waals surface area contributed by atoms with Crippen molar-refractivity contribution in [1.82, 2.24) is 10.0 Å². The van der Waals surface area contributed by atoms with Crippen molar-refractivity contribution in [3.63, 3.8) is 0 Å². The van der Waals surface area contributed by atoms with Crippen LogP contribution in [0.4, 0.5) is 0 Å². The maximum absolute atomic E-state index is 13.5. The molecule has 0 spiro atoms. The Morgan fingerprint density at radius 1 is 1.12 bits per heavy atom. The molecule has 3 aromatic rings. The molecule has 0 bridgehead atoms. The zero-order valence-electron chi connectivity index (χ0n) is 23.1. The van der Waals surface area contributed by atoms with Gasteiger partial charge in [0.05, 0.1) is 28.4 Å². The van der Waals surface area contributed by atoms with E-state index in [1.54, 1.807) is 37.3 Å². The number of carbonyl (C=O) groups is 2. The summed E-state index contributed by atoms with van der Waals surface area (Å²) >= 11 is 12.4. The van der Waals surface area contributed by atoms with Crippen LogP contribution in [0.2, 0.25) is 10.0 Å².